The van der Waals surface area contributed by atoms with Gasteiger partial charge in [0.15, 0.2) is 0 Å². The van der Waals surface area contributed by atoms with Gasteiger partial charge in [0.2, 0.25) is 11.8 Å². The Bertz CT molecular complexity index is 1080. The Kier molecular flexibility index (Phi) is 10.0. The minimum absolute atomic E-state index is 0.153. The van der Waals surface area contributed by atoms with Crippen LogP contribution >= 0.6 is 0 Å². The Morgan fingerprint density at radius 1 is 0.861 bits per heavy atom. The van der Waals surface area contributed by atoms with Crippen molar-refractivity contribution in [1.82, 2.24) is 10.6 Å². The molecule has 0 saturated carbocycles. The number of phenols is 1. The highest BCUT2D eigenvalue weighted by atomic mass is 16.3. The number of phenolic OH excluding ortho intramolecular Hbond substituents is 1. The monoisotopic (exact) mass is 487 g/mol. The lowest BCUT2D eigenvalue weighted by molar-refractivity contribution is -0.129. The molecule has 0 aromatic heterocycles. The van der Waals surface area contributed by atoms with Gasteiger partial charge in [0.25, 0.3) is 0 Å². The number of benzene rings is 3. The van der Waals surface area contributed by atoms with Crippen LogP contribution in [-0.4, -0.2) is 35.2 Å². The van der Waals surface area contributed by atoms with Crippen LogP contribution in [0.4, 0.5) is 0 Å². The van der Waals surface area contributed by atoms with E-state index < -0.39 is 12.0 Å². The van der Waals surface area contributed by atoms with Gasteiger partial charge < -0.3 is 27.3 Å². The fourth-order valence-corrected chi connectivity index (χ4v) is 3.98. The predicted octanol–water partition coefficient (Wildman–Crippen LogP) is 2.77. The largest absolute Gasteiger partial charge is 0.508 e. The molecule has 3 aromatic rings. The van der Waals surface area contributed by atoms with Crippen molar-refractivity contribution in [2.45, 2.75) is 43.8 Å². The van der Waals surface area contributed by atoms with Gasteiger partial charge in [0, 0.05) is 18.8 Å². The van der Waals surface area contributed by atoms with Crippen molar-refractivity contribution in [3.63, 3.8) is 0 Å². The van der Waals surface area contributed by atoms with Crippen molar-refractivity contribution in [2.24, 2.45) is 16.7 Å². The molecule has 3 aromatic carbocycles. The van der Waals surface area contributed by atoms with Crippen molar-refractivity contribution >= 4 is 18.0 Å². The summed E-state index contributed by atoms with van der Waals surface area (Å²) in [5, 5.41) is 18.8. The van der Waals surface area contributed by atoms with Crippen molar-refractivity contribution in [3.8, 4) is 5.75 Å². The molecule has 188 valence electrons. The average molecular weight is 488 g/mol. The quantitative estimate of drug-likeness (QED) is 0.152. The van der Waals surface area contributed by atoms with E-state index in [1.54, 1.807) is 24.3 Å². The fraction of sp³-hybridized carbons (Fsp3) is 0.250. The summed E-state index contributed by atoms with van der Waals surface area (Å²) in [5.74, 6) is 4.21. The molecule has 0 radical (unpaired) electrons. The van der Waals surface area contributed by atoms with Gasteiger partial charge in [0.05, 0.1) is 5.92 Å². The van der Waals surface area contributed by atoms with Gasteiger partial charge >= 0.3 is 0 Å². The third-order valence-corrected chi connectivity index (χ3v) is 5.87. The van der Waals surface area contributed by atoms with Crippen LogP contribution in [0.2, 0.25) is 0 Å². The molecule has 0 aliphatic carbocycles. The van der Waals surface area contributed by atoms with Crippen LogP contribution in [0.25, 0.3) is 0 Å². The first-order chi connectivity index (χ1) is 17.5. The second-order valence-corrected chi connectivity index (χ2v) is 8.59. The van der Waals surface area contributed by atoms with E-state index in [4.69, 9.17) is 11.6 Å². The molecule has 0 aliphatic rings. The summed E-state index contributed by atoms with van der Waals surface area (Å²) >= 11 is 0. The van der Waals surface area contributed by atoms with Crippen LogP contribution in [0.15, 0.2) is 90.0 Å². The number of carbonyl (C=O) groups is 2. The van der Waals surface area contributed by atoms with Crippen molar-refractivity contribution in [3.05, 3.63) is 102 Å². The maximum Gasteiger partial charge on any atom is 0.242 e. The second-order valence-electron chi connectivity index (χ2n) is 8.59. The molecule has 0 spiro atoms. The van der Waals surface area contributed by atoms with E-state index in [1.807, 2.05) is 60.7 Å². The third kappa shape index (κ3) is 7.95. The summed E-state index contributed by atoms with van der Waals surface area (Å²) in [6.07, 6.45) is 3.01. The summed E-state index contributed by atoms with van der Waals surface area (Å²) in [4.78, 5) is 26.8. The first-order valence-corrected chi connectivity index (χ1v) is 11.9. The van der Waals surface area contributed by atoms with Gasteiger partial charge in [-0.15, -0.1) is 0 Å². The molecule has 2 amide bonds. The topological polar surface area (TPSA) is 143 Å². The molecular formula is C28H33N5O3. The molecule has 0 fully saturated rings. The number of nitrogens with two attached hydrogens (primary N) is 2. The third-order valence-electron chi connectivity index (χ3n) is 5.87. The first-order valence-electron chi connectivity index (χ1n) is 11.9. The summed E-state index contributed by atoms with van der Waals surface area (Å²) in [6.45, 7) is 0.269. The lowest BCUT2D eigenvalue weighted by Crippen LogP contribution is -2.48. The van der Waals surface area contributed by atoms with Gasteiger partial charge in [-0.25, -0.2) is 0 Å². The van der Waals surface area contributed by atoms with E-state index in [-0.39, 0.29) is 30.2 Å². The number of rotatable bonds is 12. The summed E-state index contributed by atoms with van der Waals surface area (Å²) in [7, 11) is 0. The van der Waals surface area contributed by atoms with Gasteiger partial charge in [-0.3, -0.25) is 9.59 Å². The van der Waals surface area contributed by atoms with Crippen molar-refractivity contribution < 1.29 is 14.7 Å². The first kappa shape index (κ1) is 26.4. The Morgan fingerprint density at radius 3 is 2.00 bits per heavy atom. The lowest BCUT2D eigenvalue weighted by Gasteiger charge is -2.23. The van der Waals surface area contributed by atoms with Gasteiger partial charge in [-0.05, 0) is 48.1 Å². The highest BCUT2D eigenvalue weighted by Gasteiger charge is 2.27. The molecule has 1 unspecified atom stereocenters. The van der Waals surface area contributed by atoms with E-state index in [2.05, 4.69) is 15.7 Å². The van der Waals surface area contributed by atoms with Crippen molar-refractivity contribution in [1.29, 1.82) is 0 Å². The molecule has 3 rings (SSSR count). The molecule has 7 N–H and O–H groups in total. The molecule has 8 nitrogen and oxygen atoms in total. The Hall–Kier alpha value is -4.17. The van der Waals surface area contributed by atoms with E-state index >= 15 is 0 Å². The maximum atomic E-state index is 13.6. The van der Waals surface area contributed by atoms with E-state index in [1.165, 1.54) is 6.21 Å². The molecule has 0 heterocycles. The Morgan fingerprint density at radius 2 is 1.44 bits per heavy atom. The second kappa shape index (κ2) is 13.7. The Balaban J connectivity index is 1.76. The SMILES string of the molecule is NN=CC(N)CCC[C@H](NC(=O)C(c1ccccc1)c1ccccc1)C(=O)NCc1ccc(O)cc1. The maximum absolute atomic E-state index is 13.6. The highest BCUT2D eigenvalue weighted by Crippen LogP contribution is 2.25. The van der Waals surface area contributed by atoms with E-state index in [9.17, 15) is 14.7 Å². The van der Waals surface area contributed by atoms with Crippen LogP contribution in [-0.2, 0) is 16.1 Å². The van der Waals surface area contributed by atoms with Crippen LogP contribution in [0, 0.1) is 0 Å². The van der Waals surface area contributed by atoms with Gasteiger partial charge in [-0.2, -0.15) is 5.10 Å². The normalized spacial score (nSPS) is 12.8. The molecule has 2 atom stereocenters. The fourth-order valence-electron chi connectivity index (χ4n) is 3.98. The number of nitrogens with zero attached hydrogens (tertiary/aromatic N) is 1. The van der Waals surface area contributed by atoms with E-state index in [0.29, 0.717) is 19.3 Å². The van der Waals surface area contributed by atoms with Crippen molar-refractivity contribution in [2.75, 3.05) is 0 Å². The summed E-state index contributed by atoms with van der Waals surface area (Å²) < 4.78 is 0. The summed E-state index contributed by atoms with van der Waals surface area (Å²) in [5.41, 5.74) is 8.47. The number of nitrogens with one attached hydrogen (secondary N) is 2. The van der Waals surface area contributed by atoms with Crippen LogP contribution in [0.1, 0.15) is 41.9 Å². The van der Waals surface area contributed by atoms with Gasteiger partial charge in [-0.1, -0.05) is 72.8 Å². The zero-order valence-corrected chi connectivity index (χ0v) is 20.1. The van der Waals surface area contributed by atoms with E-state index in [0.717, 1.165) is 16.7 Å². The highest BCUT2D eigenvalue weighted by molar-refractivity contribution is 5.92. The molecule has 0 saturated heterocycles. The molecular weight excluding hydrogens is 454 g/mol. The molecule has 0 aliphatic heterocycles. The van der Waals surface area contributed by atoms with Crippen LogP contribution in [0.5, 0.6) is 5.75 Å². The lowest BCUT2D eigenvalue weighted by atomic mass is 9.90. The number of amides is 2. The number of aromatic hydroxyl groups is 1. The minimum Gasteiger partial charge on any atom is -0.508 e. The predicted molar refractivity (Wildman–Crippen MR) is 141 cm³/mol. The Labute approximate surface area is 211 Å². The standard InChI is InChI=1S/C28H33N5O3/c29-23(19-32-30)12-7-13-25(27(35)31-18-20-14-16-24(34)17-15-20)33-28(36)26(21-8-3-1-4-9-21)22-10-5-2-6-11-22/h1-6,8-11,14-17,19,23,25-26,34H,7,12-13,18,29-30H2,(H,31,35)(H,33,36)/t23?,25-/m0/s1. The zero-order valence-electron chi connectivity index (χ0n) is 20.1. The number of hydrazone groups is 1. The number of carbonyl (C=O) groups excluding carboxylic acids is 2. The van der Waals surface area contributed by atoms with Crippen LogP contribution in [0.3, 0.4) is 0 Å². The van der Waals surface area contributed by atoms with Crippen LogP contribution < -0.4 is 22.2 Å². The van der Waals surface area contributed by atoms with Gasteiger partial charge in [0.1, 0.15) is 11.8 Å². The average Bonchev–Trinajstić information content (AvgIpc) is 2.89. The number of hydrogen-bond donors (Lipinski definition) is 5. The number of hydrogen-bond acceptors (Lipinski definition) is 6. The summed E-state index contributed by atoms with van der Waals surface area (Å²) in [6, 6.07) is 24.5. The smallest absolute Gasteiger partial charge is 0.242 e. The molecule has 0 bridgehead atoms. The molecule has 36 heavy (non-hydrogen) atoms. The molecule has 8 heteroatoms. The zero-order chi connectivity index (χ0) is 25.8. The minimum atomic E-state index is -0.758.